The molecule has 0 atom stereocenters. The van der Waals surface area contributed by atoms with Gasteiger partial charge in [0.2, 0.25) is 10.0 Å². The quantitative estimate of drug-likeness (QED) is 0.536. The number of carbonyl (C=O) groups excluding carboxylic acids is 2. The van der Waals surface area contributed by atoms with Crippen LogP contribution >= 0.6 is 11.6 Å². The van der Waals surface area contributed by atoms with Crippen molar-refractivity contribution in [3.63, 3.8) is 0 Å². The third kappa shape index (κ3) is 7.31. The van der Waals surface area contributed by atoms with Gasteiger partial charge in [0, 0.05) is 25.3 Å². The minimum Gasteiger partial charge on any atom is -0.352 e. The molecule has 1 aromatic rings. The Balaban J connectivity index is 2.52. The van der Waals surface area contributed by atoms with Crippen molar-refractivity contribution in [1.29, 1.82) is 0 Å². The van der Waals surface area contributed by atoms with Crippen LogP contribution in [0.4, 0.5) is 10.5 Å². The highest BCUT2D eigenvalue weighted by Gasteiger charge is 2.11. The Labute approximate surface area is 140 Å². The maximum absolute atomic E-state index is 11.7. The van der Waals surface area contributed by atoms with Gasteiger partial charge >= 0.3 is 6.03 Å². The molecule has 1 rings (SSSR count). The molecule has 0 aliphatic carbocycles. The minimum absolute atomic E-state index is 0.0864. The fourth-order valence-corrected chi connectivity index (χ4v) is 2.36. The molecule has 3 amide bonds. The van der Waals surface area contributed by atoms with Gasteiger partial charge in [0.25, 0.3) is 5.91 Å². The Morgan fingerprint density at radius 3 is 2.43 bits per heavy atom. The molecule has 0 saturated heterocycles. The van der Waals surface area contributed by atoms with E-state index in [1.165, 1.54) is 12.1 Å². The lowest BCUT2D eigenvalue weighted by atomic mass is 10.2. The van der Waals surface area contributed by atoms with Crippen LogP contribution < -0.4 is 20.7 Å². The molecular formula is C13H19ClN4O4S. The molecule has 0 bridgehead atoms. The van der Waals surface area contributed by atoms with Crippen LogP contribution in [-0.4, -0.2) is 46.2 Å². The van der Waals surface area contributed by atoms with Crippen molar-refractivity contribution in [2.45, 2.75) is 6.92 Å². The molecule has 0 aliphatic heterocycles. The van der Waals surface area contributed by atoms with Gasteiger partial charge in [-0.1, -0.05) is 11.6 Å². The summed E-state index contributed by atoms with van der Waals surface area (Å²) in [7, 11) is -3.28. The van der Waals surface area contributed by atoms with Crippen molar-refractivity contribution in [3.05, 3.63) is 28.8 Å². The molecule has 0 radical (unpaired) electrons. The molecule has 128 valence electrons. The highest BCUT2D eigenvalue weighted by molar-refractivity contribution is 7.88. The van der Waals surface area contributed by atoms with Gasteiger partial charge in [-0.05, 0) is 25.1 Å². The van der Waals surface area contributed by atoms with E-state index in [4.69, 9.17) is 11.6 Å². The maximum Gasteiger partial charge on any atom is 0.319 e. The SMILES string of the molecule is CCNC(=O)c1ccc(NC(=O)NCCNS(C)(=O)=O)cc1Cl. The van der Waals surface area contributed by atoms with Gasteiger partial charge < -0.3 is 16.0 Å². The predicted molar refractivity (Wildman–Crippen MR) is 89.3 cm³/mol. The van der Waals surface area contributed by atoms with Crippen molar-refractivity contribution in [2.24, 2.45) is 0 Å². The predicted octanol–water partition coefficient (Wildman–Crippen LogP) is 0.760. The number of urea groups is 1. The van der Waals surface area contributed by atoms with Crippen molar-refractivity contribution < 1.29 is 18.0 Å². The lowest BCUT2D eigenvalue weighted by molar-refractivity contribution is 0.0956. The number of hydrogen-bond donors (Lipinski definition) is 4. The van der Waals surface area contributed by atoms with Crippen LogP contribution in [0.15, 0.2) is 18.2 Å². The fraction of sp³-hybridized carbons (Fsp3) is 0.385. The van der Waals surface area contributed by atoms with E-state index in [2.05, 4.69) is 20.7 Å². The second-order valence-corrected chi connectivity index (χ2v) is 6.84. The monoisotopic (exact) mass is 362 g/mol. The largest absolute Gasteiger partial charge is 0.352 e. The summed E-state index contributed by atoms with van der Waals surface area (Å²) in [6.45, 7) is 2.50. The minimum atomic E-state index is -3.28. The lowest BCUT2D eigenvalue weighted by Crippen LogP contribution is -2.36. The number of nitrogens with one attached hydrogen (secondary N) is 4. The average molecular weight is 363 g/mol. The Hall–Kier alpha value is -1.84. The molecule has 0 saturated carbocycles. The standard InChI is InChI=1S/C13H19ClN4O4S/c1-3-15-12(19)10-5-4-9(8-11(10)14)18-13(20)16-6-7-17-23(2,21)22/h4-5,8,17H,3,6-7H2,1-2H3,(H,15,19)(H2,16,18,20). The van der Waals surface area contributed by atoms with Crippen molar-refractivity contribution in [2.75, 3.05) is 31.2 Å². The number of benzene rings is 1. The first kappa shape index (κ1) is 19.2. The molecule has 0 fully saturated rings. The van der Waals surface area contributed by atoms with Crippen molar-refractivity contribution >= 4 is 39.2 Å². The first-order valence-corrected chi connectivity index (χ1v) is 9.07. The van der Waals surface area contributed by atoms with E-state index in [0.717, 1.165) is 6.26 Å². The second kappa shape index (κ2) is 8.70. The van der Waals surface area contributed by atoms with E-state index in [1.807, 2.05) is 0 Å². The molecule has 10 heteroatoms. The van der Waals surface area contributed by atoms with E-state index >= 15 is 0 Å². The summed E-state index contributed by atoms with van der Waals surface area (Å²) in [5, 5.41) is 7.86. The number of carbonyl (C=O) groups is 2. The molecule has 4 N–H and O–H groups in total. The number of rotatable bonds is 7. The zero-order chi connectivity index (χ0) is 17.5. The number of amides is 3. The number of sulfonamides is 1. The normalized spacial score (nSPS) is 10.9. The number of halogens is 1. The maximum atomic E-state index is 11.7. The first-order valence-electron chi connectivity index (χ1n) is 6.80. The summed E-state index contributed by atoms with van der Waals surface area (Å²) < 4.78 is 23.9. The summed E-state index contributed by atoms with van der Waals surface area (Å²) in [5.41, 5.74) is 0.730. The second-order valence-electron chi connectivity index (χ2n) is 4.60. The Morgan fingerprint density at radius 2 is 1.87 bits per heavy atom. The Morgan fingerprint density at radius 1 is 1.17 bits per heavy atom. The van der Waals surface area contributed by atoms with Crippen molar-refractivity contribution in [1.82, 2.24) is 15.4 Å². The lowest BCUT2D eigenvalue weighted by Gasteiger charge is -2.10. The molecule has 23 heavy (non-hydrogen) atoms. The smallest absolute Gasteiger partial charge is 0.319 e. The highest BCUT2D eigenvalue weighted by atomic mass is 35.5. The number of anilines is 1. The van der Waals surface area contributed by atoms with Gasteiger partial charge in [-0.15, -0.1) is 0 Å². The summed E-state index contributed by atoms with van der Waals surface area (Å²) in [5.74, 6) is -0.291. The molecule has 0 unspecified atom stereocenters. The van der Waals surface area contributed by atoms with Crippen LogP contribution in [0.2, 0.25) is 5.02 Å². The van der Waals surface area contributed by atoms with E-state index in [0.29, 0.717) is 17.8 Å². The van der Waals surface area contributed by atoms with Crippen LogP contribution in [-0.2, 0) is 10.0 Å². The third-order valence-corrected chi connectivity index (χ3v) is 3.62. The molecule has 1 aromatic carbocycles. The summed E-state index contributed by atoms with van der Waals surface area (Å²) in [6.07, 6.45) is 1.03. The molecule has 0 aliphatic rings. The zero-order valence-corrected chi connectivity index (χ0v) is 14.3. The fourth-order valence-electron chi connectivity index (χ4n) is 1.62. The van der Waals surface area contributed by atoms with Gasteiger partial charge in [-0.3, -0.25) is 4.79 Å². The summed E-state index contributed by atoms with van der Waals surface area (Å²) in [4.78, 5) is 23.4. The molecule has 8 nitrogen and oxygen atoms in total. The van der Waals surface area contributed by atoms with Crippen LogP contribution in [0, 0.1) is 0 Å². The van der Waals surface area contributed by atoms with Gasteiger partial charge in [0.1, 0.15) is 0 Å². The topological polar surface area (TPSA) is 116 Å². The van der Waals surface area contributed by atoms with Crippen molar-refractivity contribution in [3.8, 4) is 0 Å². The van der Waals surface area contributed by atoms with E-state index in [1.54, 1.807) is 13.0 Å². The van der Waals surface area contributed by atoms with Crippen LogP contribution in [0.3, 0.4) is 0 Å². The van der Waals surface area contributed by atoms with Crippen LogP contribution in [0.25, 0.3) is 0 Å². The van der Waals surface area contributed by atoms with E-state index in [9.17, 15) is 18.0 Å². The van der Waals surface area contributed by atoms with Gasteiger partial charge in [0.15, 0.2) is 0 Å². The van der Waals surface area contributed by atoms with Gasteiger partial charge in [-0.2, -0.15) is 0 Å². The number of hydrogen-bond acceptors (Lipinski definition) is 4. The Bertz CT molecular complexity index is 679. The van der Waals surface area contributed by atoms with E-state index < -0.39 is 16.1 Å². The molecule has 0 heterocycles. The summed E-state index contributed by atoms with van der Waals surface area (Å²) in [6, 6.07) is 4.00. The Kier molecular flexibility index (Phi) is 7.27. The molecular weight excluding hydrogens is 344 g/mol. The third-order valence-electron chi connectivity index (χ3n) is 2.58. The first-order chi connectivity index (χ1) is 10.7. The zero-order valence-electron chi connectivity index (χ0n) is 12.8. The molecule has 0 aromatic heterocycles. The van der Waals surface area contributed by atoms with Gasteiger partial charge in [0.05, 0.1) is 16.8 Å². The van der Waals surface area contributed by atoms with Gasteiger partial charge in [-0.25, -0.2) is 17.9 Å². The highest BCUT2D eigenvalue weighted by Crippen LogP contribution is 2.20. The molecule has 0 spiro atoms. The van der Waals surface area contributed by atoms with E-state index in [-0.39, 0.29) is 24.0 Å². The van der Waals surface area contributed by atoms with Crippen LogP contribution in [0.1, 0.15) is 17.3 Å². The van der Waals surface area contributed by atoms with Crippen LogP contribution in [0.5, 0.6) is 0 Å². The summed E-state index contributed by atoms with van der Waals surface area (Å²) >= 11 is 6.01. The average Bonchev–Trinajstić information content (AvgIpc) is 2.43.